The van der Waals surface area contributed by atoms with Crippen LogP contribution in [-0.2, 0) is 4.74 Å². The van der Waals surface area contributed by atoms with Crippen LogP contribution in [0.15, 0.2) is 30.3 Å². The van der Waals surface area contributed by atoms with E-state index in [-0.39, 0.29) is 22.7 Å². The molecule has 242 valence electrons. The molecule has 8 nitrogen and oxygen atoms in total. The Morgan fingerprint density at radius 2 is 1.98 bits per heavy atom. The monoisotopic (exact) mass is 653 g/mol. The van der Waals surface area contributed by atoms with E-state index < -0.39 is 5.82 Å². The van der Waals surface area contributed by atoms with Gasteiger partial charge in [-0.05, 0) is 79.8 Å². The number of aromatic hydroxyl groups is 1. The van der Waals surface area contributed by atoms with Crippen molar-refractivity contribution in [2.75, 3.05) is 44.3 Å². The summed E-state index contributed by atoms with van der Waals surface area (Å²) in [5.41, 5.74) is 2.17. The number of hydrogen-bond donors (Lipinski definition) is 2. The Hall–Kier alpha value is -3.68. The number of terminal acetylenes is 1. The molecule has 4 atom stereocenters. The largest absolute Gasteiger partial charge is 0.508 e. The fourth-order valence-electron chi connectivity index (χ4n) is 8.53. The van der Waals surface area contributed by atoms with E-state index in [1.807, 2.05) is 13.0 Å². The summed E-state index contributed by atoms with van der Waals surface area (Å²) in [7, 11) is 0. The van der Waals surface area contributed by atoms with Gasteiger partial charge in [-0.2, -0.15) is 9.97 Å². The van der Waals surface area contributed by atoms with Gasteiger partial charge in [-0.1, -0.05) is 23.6 Å². The zero-order valence-electron chi connectivity index (χ0n) is 26.4. The molecule has 9 rings (SSSR count). The molecule has 4 aromatic rings. The minimum absolute atomic E-state index is 0.00731. The number of phenolic OH excluding ortho intramolecular Hbond substituents is 1. The number of morpholine rings is 1. The van der Waals surface area contributed by atoms with Gasteiger partial charge in [0.25, 0.3) is 0 Å². The van der Waals surface area contributed by atoms with Crippen LogP contribution in [0.2, 0.25) is 5.02 Å². The first kappa shape index (κ1) is 29.5. The topological polar surface area (TPSA) is 83.0 Å². The van der Waals surface area contributed by atoms with E-state index in [2.05, 4.69) is 21.0 Å². The summed E-state index contributed by atoms with van der Waals surface area (Å²) in [4.78, 5) is 14.6. The lowest BCUT2D eigenvalue weighted by atomic mass is 9.90. The number of nitrogens with one attached hydrogen (secondary N) is 1. The third-order valence-corrected chi connectivity index (χ3v) is 11.4. The van der Waals surface area contributed by atoms with Crippen molar-refractivity contribution in [2.24, 2.45) is 5.41 Å². The van der Waals surface area contributed by atoms with E-state index in [9.17, 15) is 5.11 Å². The van der Waals surface area contributed by atoms with E-state index in [4.69, 9.17) is 37.5 Å². The minimum atomic E-state index is -0.504. The lowest BCUT2D eigenvalue weighted by molar-refractivity contribution is 0.0176. The maximum absolute atomic E-state index is 17.2. The van der Waals surface area contributed by atoms with Crippen molar-refractivity contribution >= 4 is 39.1 Å². The smallest absolute Gasteiger partial charge is 0.319 e. The van der Waals surface area contributed by atoms with Crippen LogP contribution in [-0.4, -0.2) is 83.6 Å². The normalized spacial score (nSPS) is 26.0. The molecule has 5 heterocycles. The van der Waals surface area contributed by atoms with Crippen LogP contribution >= 0.6 is 11.6 Å². The predicted molar refractivity (Wildman–Crippen MR) is 181 cm³/mol. The molecule has 0 amide bonds. The van der Waals surface area contributed by atoms with Gasteiger partial charge in [0.1, 0.15) is 17.1 Å². The second-order valence-electron chi connectivity index (χ2n) is 14.4. The van der Waals surface area contributed by atoms with Crippen molar-refractivity contribution in [3.05, 3.63) is 52.3 Å². The van der Waals surface area contributed by atoms with Gasteiger partial charge >= 0.3 is 6.01 Å². The Kier molecular flexibility index (Phi) is 6.85. The summed E-state index contributed by atoms with van der Waals surface area (Å²) in [5.74, 6) is 2.89. The summed E-state index contributed by atoms with van der Waals surface area (Å²) in [6.45, 7) is 6.71. The van der Waals surface area contributed by atoms with E-state index in [1.54, 1.807) is 24.3 Å². The summed E-state index contributed by atoms with van der Waals surface area (Å²) in [5, 5.41) is 16.7. The molecule has 47 heavy (non-hydrogen) atoms. The number of ether oxygens (including phenoxy) is 2. The molecular weight excluding hydrogens is 617 g/mol. The van der Waals surface area contributed by atoms with Gasteiger partial charge in [0.15, 0.2) is 5.82 Å². The summed E-state index contributed by atoms with van der Waals surface area (Å²) >= 11 is 6.53. The number of benzene rings is 3. The molecule has 4 saturated heterocycles. The number of likely N-dealkylation sites (tertiary alicyclic amines) is 1. The molecule has 0 spiro atoms. The van der Waals surface area contributed by atoms with Gasteiger partial charge in [-0.25, -0.2) is 4.39 Å². The number of halogens is 2. The molecule has 3 aromatic carbocycles. The van der Waals surface area contributed by atoms with Crippen molar-refractivity contribution in [2.45, 2.75) is 63.3 Å². The molecule has 2 N–H and O–H groups in total. The van der Waals surface area contributed by atoms with Crippen LogP contribution in [0.25, 0.3) is 32.8 Å². The molecule has 4 aliphatic heterocycles. The van der Waals surface area contributed by atoms with E-state index in [0.717, 1.165) is 64.9 Å². The maximum Gasteiger partial charge on any atom is 0.319 e. The molecule has 10 heteroatoms. The van der Waals surface area contributed by atoms with Crippen LogP contribution in [0.1, 0.15) is 43.2 Å². The number of anilines is 1. The fourth-order valence-corrected chi connectivity index (χ4v) is 8.75. The Morgan fingerprint density at radius 1 is 1.17 bits per heavy atom. The quantitative estimate of drug-likeness (QED) is 0.242. The number of rotatable bonds is 7. The summed E-state index contributed by atoms with van der Waals surface area (Å²) < 4.78 is 29.4. The second kappa shape index (κ2) is 10.9. The van der Waals surface area contributed by atoms with Gasteiger partial charge in [-0.15, -0.1) is 6.42 Å². The van der Waals surface area contributed by atoms with Crippen LogP contribution in [0, 0.1) is 30.5 Å². The van der Waals surface area contributed by atoms with Crippen molar-refractivity contribution in [1.82, 2.24) is 20.2 Å². The predicted octanol–water partition coefficient (Wildman–Crippen LogP) is 5.81. The van der Waals surface area contributed by atoms with Gasteiger partial charge in [0.2, 0.25) is 0 Å². The van der Waals surface area contributed by atoms with Gasteiger partial charge in [-0.3, -0.25) is 4.90 Å². The first-order chi connectivity index (χ1) is 22.8. The van der Waals surface area contributed by atoms with Crippen LogP contribution < -0.4 is 15.0 Å². The Balaban J connectivity index is 1.15. The van der Waals surface area contributed by atoms with Crippen LogP contribution in [0.5, 0.6) is 11.8 Å². The number of fused-ring (bicyclic) bond motifs is 6. The molecule has 1 aliphatic carbocycles. The molecular formula is C37H37ClFN5O3. The number of nitrogens with zero attached hydrogens (tertiary/aromatic N) is 4. The third-order valence-electron chi connectivity index (χ3n) is 11.1. The third kappa shape index (κ3) is 5.00. The number of piperazine rings is 1. The first-order valence-corrected chi connectivity index (χ1v) is 17.1. The molecule has 1 aromatic heterocycles. The van der Waals surface area contributed by atoms with Gasteiger partial charge in [0.05, 0.1) is 29.9 Å². The number of aryl methyl sites for hydroxylation is 1. The summed E-state index contributed by atoms with van der Waals surface area (Å²) in [6, 6.07) is 10.0. The number of aromatic nitrogens is 2. The van der Waals surface area contributed by atoms with Crippen molar-refractivity contribution in [3.8, 4) is 35.2 Å². The van der Waals surface area contributed by atoms with E-state index in [0.29, 0.717) is 80.1 Å². The molecule has 5 fully saturated rings. The highest BCUT2D eigenvalue weighted by Crippen LogP contribution is 2.48. The highest BCUT2D eigenvalue weighted by Gasteiger charge is 2.49. The van der Waals surface area contributed by atoms with Crippen LogP contribution in [0.4, 0.5) is 10.2 Å². The van der Waals surface area contributed by atoms with E-state index in [1.165, 1.54) is 0 Å². The zero-order chi connectivity index (χ0) is 32.0. The van der Waals surface area contributed by atoms with Crippen LogP contribution in [0.3, 0.4) is 0 Å². The molecule has 5 aliphatic rings. The van der Waals surface area contributed by atoms with Gasteiger partial charge in [0, 0.05) is 66.1 Å². The molecule has 4 bridgehead atoms. The van der Waals surface area contributed by atoms with Crippen molar-refractivity contribution in [1.29, 1.82) is 0 Å². The fraction of sp³-hybridized carbons (Fsp3) is 0.459. The lowest BCUT2D eigenvalue weighted by Crippen LogP contribution is -2.51. The maximum atomic E-state index is 17.2. The average molecular weight is 654 g/mol. The minimum Gasteiger partial charge on any atom is -0.508 e. The standard InChI is InChI=1S/C37H37ClFN5O3/c1-3-27-30(38)7-4-21-11-25(45)13-28(32(21)27)31-20(2)10-29-34(33(31)39)41-36(42-35(29)43-14-22-5-6-23(15-43)40-22)47-19-37(8-9-37)18-44-16-26-12-24(44)17-46-26/h1,4,7,10-11,13,22-24,26,40,45H,5-6,8-9,12,14-19H2,2H3/t22?,23?,24-,26-/m1/s1. The highest BCUT2D eigenvalue weighted by atomic mass is 35.5. The highest BCUT2D eigenvalue weighted by molar-refractivity contribution is 6.33. The average Bonchev–Trinajstić information content (AvgIpc) is 3.32. The van der Waals surface area contributed by atoms with Gasteiger partial charge < -0.3 is 24.8 Å². The Bertz CT molecular complexity index is 1980. The number of hydrogen-bond acceptors (Lipinski definition) is 8. The lowest BCUT2D eigenvalue weighted by Gasteiger charge is -2.34. The molecule has 2 unspecified atom stereocenters. The van der Waals surface area contributed by atoms with Crippen molar-refractivity contribution in [3.63, 3.8) is 0 Å². The van der Waals surface area contributed by atoms with E-state index >= 15 is 4.39 Å². The number of phenols is 1. The first-order valence-electron chi connectivity index (χ1n) is 16.7. The zero-order valence-corrected chi connectivity index (χ0v) is 27.1. The summed E-state index contributed by atoms with van der Waals surface area (Å²) in [6.07, 6.45) is 11.8. The van der Waals surface area contributed by atoms with Crippen molar-refractivity contribution < 1.29 is 19.0 Å². The SMILES string of the molecule is C#Cc1c(Cl)ccc2cc(O)cc(-c3c(C)cc4c(N5CC6CCC(C5)N6)nc(OCC5(CN6C[C@H]7C[C@@H]6CO7)CC5)nc4c3F)c12. The Morgan fingerprint density at radius 3 is 2.68 bits per heavy atom. The second-order valence-corrected chi connectivity index (χ2v) is 14.8. The Labute approximate surface area is 278 Å². The molecule has 0 radical (unpaired) electrons. The molecule has 1 saturated carbocycles.